The van der Waals surface area contributed by atoms with Crippen LogP contribution in [0.1, 0.15) is 21.5 Å². The van der Waals surface area contributed by atoms with Crippen molar-refractivity contribution in [3.05, 3.63) is 71.3 Å². The molecule has 0 aromatic heterocycles. The largest absolute Gasteiger partial charge is 0.457 e. The molecule has 3 aromatic carbocycles. The molecule has 1 aliphatic rings. The molecule has 1 amide bonds. The molecule has 1 heterocycles. The molecule has 0 spiro atoms. The van der Waals surface area contributed by atoms with E-state index in [2.05, 4.69) is 4.99 Å². The van der Waals surface area contributed by atoms with Crippen LogP contribution in [0.3, 0.4) is 0 Å². The summed E-state index contributed by atoms with van der Waals surface area (Å²) in [6.45, 7) is 2.03. The van der Waals surface area contributed by atoms with Crippen LogP contribution in [0.15, 0.2) is 59.6 Å². The molecule has 0 unspecified atom stereocenters. The van der Waals surface area contributed by atoms with E-state index in [0.717, 1.165) is 22.1 Å². The van der Waals surface area contributed by atoms with Crippen molar-refractivity contribution in [2.75, 3.05) is 0 Å². The Bertz CT molecular complexity index is 973. The molecule has 0 radical (unpaired) electrons. The third-order valence-electron chi connectivity index (χ3n) is 3.94. The van der Waals surface area contributed by atoms with E-state index in [1.54, 1.807) is 6.07 Å². The van der Waals surface area contributed by atoms with Crippen molar-refractivity contribution in [3.63, 3.8) is 0 Å². The average molecular weight is 302 g/mol. The minimum Gasteiger partial charge on any atom is -0.457 e. The first-order valence-corrected chi connectivity index (χ1v) is 7.32. The lowest BCUT2D eigenvalue weighted by Gasteiger charge is -2.16. The van der Waals surface area contributed by atoms with Crippen molar-refractivity contribution in [1.82, 2.24) is 0 Å². The highest BCUT2D eigenvalue weighted by Crippen LogP contribution is 2.33. The van der Waals surface area contributed by atoms with Crippen molar-refractivity contribution in [1.29, 1.82) is 0 Å². The summed E-state index contributed by atoms with van der Waals surface area (Å²) in [7, 11) is 0. The van der Waals surface area contributed by atoms with Gasteiger partial charge in [0.2, 0.25) is 0 Å². The first-order chi connectivity index (χ1) is 11.1. The highest BCUT2D eigenvalue weighted by atomic mass is 16.5. The predicted molar refractivity (Wildman–Crippen MR) is 90.3 cm³/mol. The Balaban J connectivity index is 1.86. The molecule has 4 heteroatoms. The van der Waals surface area contributed by atoms with Crippen LogP contribution in [0.5, 0.6) is 11.5 Å². The summed E-state index contributed by atoms with van der Waals surface area (Å²) in [4.78, 5) is 15.9. The number of carbonyl (C=O) groups excluding carboxylic acids is 1. The Hall–Kier alpha value is -3.14. The van der Waals surface area contributed by atoms with Gasteiger partial charge in [0.05, 0.1) is 5.56 Å². The van der Waals surface area contributed by atoms with Gasteiger partial charge in [0.1, 0.15) is 17.3 Å². The van der Waals surface area contributed by atoms with Crippen molar-refractivity contribution >= 4 is 22.5 Å². The van der Waals surface area contributed by atoms with E-state index in [0.29, 0.717) is 11.3 Å². The van der Waals surface area contributed by atoms with Crippen molar-refractivity contribution in [2.45, 2.75) is 6.92 Å². The summed E-state index contributed by atoms with van der Waals surface area (Å²) in [5.74, 6) is 1.35. The molecular formula is C19H14N2O2. The number of nitrogens with two attached hydrogens (primary N) is 1. The highest BCUT2D eigenvalue weighted by molar-refractivity contribution is 6.24. The standard InChI is InChI=1S/C19H14N2O2/c1-11-5-7-13(8-6-11)23-14-9-12-3-2-4-15-17(12)16(10-14)18(20)21-19(15)22/h2-10H,1H3,(H2,20,21,22). The lowest BCUT2D eigenvalue weighted by Crippen LogP contribution is -2.21. The van der Waals surface area contributed by atoms with Crippen LogP contribution in [0.25, 0.3) is 10.8 Å². The molecule has 3 aromatic rings. The molecular weight excluding hydrogens is 288 g/mol. The van der Waals surface area contributed by atoms with Crippen molar-refractivity contribution in [2.24, 2.45) is 10.7 Å². The topological polar surface area (TPSA) is 64.7 Å². The van der Waals surface area contributed by atoms with Gasteiger partial charge in [-0.1, -0.05) is 29.8 Å². The van der Waals surface area contributed by atoms with Crippen LogP contribution in [-0.4, -0.2) is 11.7 Å². The van der Waals surface area contributed by atoms with Crippen LogP contribution in [0.4, 0.5) is 0 Å². The fourth-order valence-electron chi connectivity index (χ4n) is 2.81. The molecule has 23 heavy (non-hydrogen) atoms. The number of ether oxygens (including phenoxy) is 1. The fourth-order valence-corrected chi connectivity index (χ4v) is 2.81. The third-order valence-corrected chi connectivity index (χ3v) is 3.94. The molecule has 2 N–H and O–H groups in total. The zero-order valence-corrected chi connectivity index (χ0v) is 12.5. The minimum absolute atomic E-state index is 0.230. The van der Waals surface area contributed by atoms with Gasteiger partial charge in [-0.15, -0.1) is 0 Å². The maximum absolute atomic E-state index is 12.0. The van der Waals surface area contributed by atoms with E-state index >= 15 is 0 Å². The van der Waals surface area contributed by atoms with Crippen molar-refractivity contribution in [3.8, 4) is 11.5 Å². The number of aliphatic imine (C=N–C) groups is 1. The number of amides is 1. The number of aryl methyl sites for hydroxylation is 1. The Morgan fingerprint density at radius 2 is 1.74 bits per heavy atom. The summed E-state index contributed by atoms with van der Waals surface area (Å²) in [5, 5.41) is 1.74. The van der Waals surface area contributed by atoms with Crippen molar-refractivity contribution < 1.29 is 9.53 Å². The van der Waals surface area contributed by atoms with Gasteiger partial charge in [0, 0.05) is 10.9 Å². The summed E-state index contributed by atoms with van der Waals surface area (Å²) in [6, 6.07) is 17.1. The molecule has 0 fully saturated rings. The van der Waals surface area contributed by atoms with Gasteiger partial charge in [0.15, 0.2) is 0 Å². The van der Waals surface area contributed by atoms with E-state index in [9.17, 15) is 4.79 Å². The number of nitrogens with zero attached hydrogens (tertiary/aromatic N) is 1. The fraction of sp³-hybridized carbons (Fsp3) is 0.0526. The molecule has 112 valence electrons. The SMILES string of the molecule is Cc1ccc(Oc2cc3c4c(cccc4c2)C(=O)N=C3N)cc1. The molecule has 0 saturated carbocycles. The lowest BCUT2D eigenvalue weighted by atomic mass is 9.95. The molecule has 1 aliphatic heterocycles. The number of hydrogen-bond acceptors (Lipinski definition) is 3. The van der Waals surface area contributed by atoms with Crippen LogP contribution in [-0.2, 0) is 0 Å². The van der Waals surface area contributed by atoms with Gasteiger partial charge in [-0.05, 0) is 42.6 Å². The van der Waals surface area contributed by atoms with Crippen LogP contribution >= 0.6 is 0 Å². The Morgan fingerprint density at radius 3 is 2.52 bits per heavy atom. The molecule has 0 saturated heterocycles. The number of carbonyl (C=O) groups is 1. The minimum atomic E-state index is -0.298. The second kappa shape index (κ2) is 4.95. The second-order valence-electron chi connectivity index (χ2n) is 5.59. The predicted octanol–water partition coefficient (Wildman–Crippen LogP) is 3.80. The van der Waals surface area contributed by atoms with Crippen LogP contribution in [0, 0.1) is 6.92 Å². The first kappa shape index (κ1) is 13.5. The van der Waals surface area contributed by atoms with Gasteiger partial charge >= 0.3 is 0 Å². The lowest BCUT2D eigenvalue weighted by molar-refractivity contribution is 0.100. The maximum Gasteiger partial charge on any atom is 0.279 e. The van der Waals surface area contributed by atoms with E-state index in [-0.39, 0.29) is 11.7 Å². The van der Waals surface area contributed by atoms with E-state index in [1.165, 1.54) is 5.56 Å². The summed E-state index contributed by atoms with van der Waals surface area (Å²) < 4.78 is 5.93. The number of benzene rings is 3. The van der Waals surface area contributed by atoms with Gasteiger partial charge in [0.25, 0.3) is 5.91 Å². The Labute approximate surface area is 133 Å². The van der Waals surface area contributed by atoms with Crippen LogP contribution in [0.2, 0.25) is 0 Å². The summed E-state index contributed by atoms with van der Waals surface area (Å²) in [6.07, 6.45) is 0. The molecule has 0 atom stereocenters. The Kier molecular flexibility index (Phi) is 2.91. The zero-order chi connectivity index (χ0) is 16.0. The third kappa shape index (κ3) is 2.25. The molecule has 4 nitrogen and oxygen atoms in total. The van der Waals surface area contributed by atoms with Crippen LogP contribution < -0.4 is 10.5 Å². The molecule has 0 aliphatic carbocycles. The first-order valence-electron chi connectivity index (χ1n) is 7.32. The summed E-state index contributed by atoms with van der Waals surface area (Å²) in [5.41, 5.74) is 8.44. The van der Waals surface area contributed by atoms with Gasteiger partial charge in [-0.2, -0.15) is 4.99 Å². The number of amidine groups is 1. The molecule has 4 rings (SSSR count). The smallest absolute Gasteiger partial charge is 0.279 e. The van der Waals surface area contributed by atoms with E-state index < -0.39 is 0 Å². The monoisotopic (exact) mass is 302 g/mol. The molecule has 0 bridgehead atoms. The average Bonchev–Trinajstić information content (AvgIpc) is 2.54. The Morgan fingerprint density at radius 1 is 0.957 bits per heavy atom. The van der Waals surface area contributed by atoms with Gasteiger partial charge in [-0.25, -0.2) is 0 Å². The van der Waals surface area contributed by atoms with E-state index in [1.807, 2.05) is 55.5 Å². The highest BCUT2D eigenvalue weighted by Gasteiger charge is 2.21. The van der Waals surface area contributed by atoms with Gasteiger partial charge in [-0.3, -0.25) is 4.79 Å². The quantitative estimate of drug-likeness (QED) is 0.783. The maximum atomic E-state index is 12.0. The summed E-state index contributed by atoms with van der Waals surface area (Å²) >= 11 is 0. The van der Waals surface area contributed by atoms with E-state index in [4.69, 9.17) is 10.5 Å². The van der Waals surface area contributed by atoms with Gasteiger partial charge < -0.3 is 10.5 Å². The number of rotatable bonds is 2. The normalized spacial score (nSPS) is 13.1. The number of hydrogen-bond donors (Lipinski definition) is 1. The second-order valence-corrected chi connectivity index (χ2v) is 5.59. The zero-order valence-electron chi connectivity index (χ0n) is 12.5.